The van der Waals surface area contributed by atoms with Gasteiger partial charge in [-0.1, -0.05) is 0 Å². The first-order valence-electron chi connectivity index (χ1n) is 7.60. The van der Waals surface area contributed by atoms with Crippen molar-refractivity contribution in [3.63, 3.8) is 0 Å². The minimum atomic E-state index is -0.541. The Morgan fingerprint density at radius 2 is 1.64 bits per heavy atom. The molecule has 2 aromatic rings. The summed E-state index contributed by atoms with van der Waals surface area (Å²) in [5.74, 6) is -1.54. The maximum absolute atomic E-state index is 13.1. The van der Waals surface area contributed by atoms with Crippen LogP contribution in [0.3, 0.4) is 0 Å². The maximum Gasteiger partial charge on any atom is 0.258 e. The van der Waals surface area contributed by atoms with Crippen LogP contribution in [0.5, 0.6) is 0 Å². The first-order chi connectivity index (χ1) is 11.9. The first kappa shape index (κ1) is 18.1. The third-order valence-corrected chi connectivity index (χ3v) is 3.42. The summed E-state index contributed by atoms with van der Waals surface area (Å²) in [5.41, 5.74) is 6.56. The van der Waals surface area contributed by atoms with Gasteiger partial charge in [0.2, 0.25) is 11.8 Å². The monoisotopic (exact) mass is 343 g/mol. The molecule has 0 aliphatic heterocycles. The van der Waals surface area contributed by atoms with Crippen molar-refractivity contribution in [3.05, 3.63) is 59.9 Å². The summed E-state index contributed by atoms with van der Waals surface area (Å²) >= 11 is 0. The van der Waals surface area contributed by atoms with Crippen LogP contribution in [0.2, 0.25) is 0 Å². The number of hydrogen-bond donors (Lipinski definition) is 2. The van der Waals surface area contributed by atoms with Crippen LogP contribution in [0.4, 0.5) is 15.8 Å². The van der Waals surface area contributed by atoms with E-state index in [4.69, 9.17) is 5.73 Å². The molecule has 0 saturated heterocycles. The standard InChI is InChI=1S/C18H18FN3O3/c1-12(23)21-15-6-2-13(3-7-15)18(25)22(11-10-17(20)24)16-8-4-14(19)5-9-16/h2-9H,10-11H2,1H3,(H2,20,24)(H,21,23). The number of nitrogens with two attached hydrogens (primary N) is 1. The second-order valence-corrected chi connectivity index (χ2v) is 5.41. The van der Waals surface area contributed by atoms with Gasteiger partial charge in [0.25, 0.3) is 5.91 Å². The van der Waals surface area contributed by atoms with Crippen LogP contribution < -0.4 is 16.0 Å². The Morgan fingerprint density at radius 1 is 1.04 bits per heavy atom. The number of hydrogen-bond acceptors (Lipinski definition) is 3. The molecule has 0 unspecified atom stereocenters. The fourth-order valence-corrected chi connectivity index (χ4v) is 2.25. The fourth-order valence-electron chi connectivity index (χ4n) is 2.25. The molecule has 0 saturated carbocycles. The van der Waals surface area contributed by atoms with Gasteiger partial charge in [-0.25, -0.2) is 4.39 Å². The Morgan fingerprint density at radius 3 is 2.16 bits per heavy atom. The number of benzene rings is 2. The van der Waals surface area contributed by atoms with E-state index in [9.17, 15) is 18.8 Å². The Hall–Kier alpha value is -3.22. The zero-order valence-electron chi connectivity index (χ0n) is 13.7. The van der Waals surface area contributed by atoms with Crippen LogP contribution in [0, 0.1) is 5.82 Å². The number of amides is 3. The van der Waals surface area contributed by atoms with Gasteiger partial charge in [0.05, 0.1) is 0 Å². The van der Waals surface area contributed by atoms with E-state index < -0.39 is 11.7 Å². The molecule has 7 heteroatoms. The second-order valence-electron chi connectivity index (χ2n) is 5.41. The van der Waals surface area contributed by atoms with Gasteiger partial charge < -0.3 is 16.0 Å². The van der Waals surface area contributed by atoms with Gasteiger partial charge >= 0.3 is 0 Å². The van der Waals surface area contributed by atoms with Crippen molar-refractivity contribution in [2.24, 2.45) is 5.73 Å². The largest absolute Gasteiger partial charge is 0.370 e. The highest BCUT2D eigenvalue weighted by Crippen LogP contribution is 2.19. The summed E-state index contributed by atoms with van der Waals surface area (Å²) in [5, 5.41) is 2.61. The first-order valence-corrected chi connectivity index (χ1v) is 7.60. The molecule has 3 amide bonds. The highest BCUT2D eigenvalue weighted by Gasteiger charge is 2.18. The minimum Gasteiger partial charge on any atom is -0.370 e. The Kier molecular flexibility index (Phi) is 5.84. The van der Waals surface area contributed by atoms with Crippen LogP contribution in [-0.4, -0.2) is 24.3 Å². The normalized spacial score (nSPS) is 10.2. The van der Waals surface area contributed by atoms with Crippen molar-refractivity contribution in [2.45, 2.75) is 13.3 Å². The zero-order valence-corrected chi connectivity index (χ0v) is 13.7. The smallest absolute Gasteiger partial charge is 0.258 e. The van der Waals surface area contributed by atoms with Crippen LogP contribution in [0.15, 0.2) is 48.5 Å². The van der Waals surface area contributed by atoms with E-state index in [1.54, 1.807) is 24.3 Å². The van der Waals surface area contributed by atoms with E-state index in [0.29, 0.717) is 16.9 Å². The number of nitrogens with one attached hydrogen (secondary N) is 1. The predicted octanol–water partition coefficient (Wildman–Crippen LogP) is 2.31. The fraction of sp³-hybridized carbons (Fsp3) is 0.167. The highest BCUT2D eigenvalue weighted by molar-refractivity contribution is 6.06. The van der Waals surface area contributed by atoms with Gasteiger partial charge in [-0.3, -0.25) is 14.4 Å². The lowest BCUT2D eigenvalue weighted by Crippen LogP contribution is -2.34. The van der Waals surface area contributed by atoms with Gasteiger partial charge in [0.1, 0.15) is 5.82 Å². The van der Waals surface area contributed by atoms with Crippen LogP contribution in [0.1, 0.15) is 23.7 Å². The highest BCUT2D eigenvalue weighted by atomic mass is 19.1. The van der Waals surface area contributed by atoms with Crippen molar-refractivity contribution < 1.29 is 18.8 Å². The summed E-state index contributed by atoms with van der Waals surface area (Å²) in [7, 11) is 0. The number of primary amides is 1. The number of halogens is 1. The van der Waals surface area contributed by atoms with Crippen molar-refractivity contribution in [1.82, 2.24) is 0 Å². The molecule has 0 aliphatic carbocycles. The summed E-state index contributed by atoms with van der Waals surface area (Å²) in [6.07, 6.45) is -0.0207. The molecule has 6 nitrogen and oxygen atoms in total. The van der Waals surface area contributed by atoms with Gasteiger partial charge in [0.15, 0.2) is 0 Å². The molecule has 130 valence electrons. The third kappa shape index (κ3) is 5.13. The average Bonchev–Trinajstić information content (AvgIpc) is 2.56. The molecule has 25 heavy (non-hydrogen) atoms. The molecular formula is C18H18FN3O3. The van der Waals surface area contributed by atoms with Crippen LogP contribution >= 0.6 is 0 Å². The predicted molar refractivity (Wildman–Crippen MR) is 92.6 cm³/mol. The van der Waals surface area contributed by atoms with E-state index >= 15 is 0 Å². The number of rotatable bonds is 6. The molecule has 0 fully saturated rings. The zero-order chi connectivity index (χ0) is 18.4. The Balaban J connectivity index is 2.26. The number of carbonyl (C=O) groups is 3. The third-order valence-electron chi connectivity index (χ3n) is 3.42. The van der Waals surface area contributed by atoms with Crippen LogP contribution in [-0.2, 0) is 9.59 Å². The van der Waals surface area contributed by atoms with Gasteiger partial charge in [-0.15, -0.1) is 0 Å². The molecule has 0 radical (unpaired) electrons. The molecule has 0 atom stereocenters. The summed E-state index contributed by atoms with van der Waals surface area (Å²) in [6.45, 7) is 1.46. The molecule has 0 bridgehead atoms. The Labute approximate surface area is 144 Å². The molecule has 0 heterocycles. The lowest BCUT2D eigenvalue weighted by Gasteiger charge is -2.22. The SMILES string of the molecule is CC(=O)Nc1ccc(C(=O)N(CCC(N)=O)c2ccc(F)cc2)cc1. The second kappa shape index (κ2) is 8.05. The van der Waals surface area contributed by atoms with E-state index in [0.717, 1.165) is 0 Å². The number of nitrogens with zero attached hydrogens (tertiary/aromatic N) is 1. The summed E-state index contributed by atoms with van der Waals surface area (Å²) in [4.78, 5) is 36.2. The van der Waals surface area contributed by atoms with Crippen molar-refractivity contribution in [2.75, 3.05) is 16.8 Å². The molecule has 0 aliphatic rings. The van der Waals surface area contributed by atoms with Crippen molar-refractivity contribution in [1.29, 1.82) is 0 Å². The van der Waals surface area contributed by atoms with Crippen LogP contribution in [0.25, 0.3) is 0 Å². The van der Waals surface area contributed by atoms with Gasteiger partial charge in [-0.2, -0.15) is 0 Å². The van der Waals surface area contributed by atoms with E-state index in [1.165, 1.54) is 36.1 Å². The molecular weight excluding hydrogens is 325 g/mol. The van der Waals surface area contributed by atoms with E-state index in [2.05, 4.69) is 5.32 Å². The summed E-state index contributed by atoms with van der Waals surface area (Å²) < 4.78 is 13.1. The molecule has 0 spiro atoms. The molecule has 2 rings (SSSR count). The van der Waals surface area contributed by atoms with Crippen molar-refractivity contribution in [3.8, 4) is 0 Å². The lowest BCUT2D eigenvalue weighted by atomic mass is 10.1. The number of anilines is 2. The Bertz CT molecular complexity index is 773. The van der Waals surface area contributed by atoms with Gasteiger partial charge in [0, 0.05) is 36.8 Å². The van der Waals surface area contributed by atoms with E-state index in [-0.39, 0.29) is 24.8 Å². The topological polar surface area (TPSA) is 92.5 Å². The molecule has 0 aromatic heterocycles. The summed E-state index contributed by atoms with van der Waals surface area (Å²) in [6, 6.07) is 11.7. The minimum absolute atomic E-state index is 0.0207. The van der Waals surface area contributed by atoms with E-state index in [1.807, 2.05) is 0 Å². The number of carbonyl (C=O) groups excluding carboxylic acids is 3. The average molecular weight is 343 g/mol. The lowest BCUT2D eigenvalue weighted by molar-refractivity contribution is -0.118. The van der Waals surface area contributed by atoms with Gasteiger partial charge in [-0.05, 0) is 48.5 Å². The quantitative estimate of drug-likeness (QED) is 0.843. The molecule has 3 N–H and O–H groups in total. The maximum atomic E-state index is 13.1. The molecule has 2 aromatic carbocycles. The van der Waals surface area contributed by atoms with Crippen molar-refractivity contribution >= 4 is 29.1 Å².